The Morgan fingerprint density at radius 3 is 2.60 bits per heavy atom. The van der Waals surface area contributed by atoms with Crippen LogP contribution in [0.1, 0.15) is 5.56 Å². The van der Waals surface area contributed by atoms with E-state index in [2.05, 4.69) is 5.32 Å². The molecule has 1 rings (SSSR count). The standard InChI is InChI=1S/C9H9ClN2O3/c1-12-9(15)7(11)4-2-3-5(13)8(14)6(4)10/h2-3,11,13-14H,1H3,(H,12,15). The van der Waals surface area contributed by atoms with E-state index in [9.17, 15) is 9.90 Å². The van der Waals surface area contributed by atoms with Crippen LogP contribution < -0.4 is 5.32 Å². The van der Waals surface area contributed by atoms with Crippen LogP contribution in [0.4, 0.5) is 0 Å². The molecule has 0 saturated carbocycles. The molecule has 0 aliphatic rings. The number of rotatable bonds is 2. The molecule has 0 aliphatic carbocycles. The molecule has 0 bridgehead atoms. The van der Waals surface area contributed by atoms with Crippen molar-refractivity contribution in [1.82, 2.24) is 5.32 Å². The molecular formula is C9H9ClN2O3. The molecule has 0 heterocycles. The predicted octanol–water partition coefficient (Wildman–Crippen LogP) is 0.865. The number of hydrogen-bond acceptors (Lipinski definition) is 4. The molecule has 0 saturated heterocycles. The maximum atomic E-state index is 11.1. The van der Waals surface area contributed by atoms with Crippen molar-refractivity contribution < 1.29 is 15.0 Å². The Morgan fingerprint density at radius 2 is 2.07 bits per heavy atom. The Kier molecular flexibility index (Phi) is 3.16. The minimum atomic E-state index is -0.623. The average molecular weight is 229 g/mol. The van der Waals surface area contributed by atoms with E-state index in [0.29, 0.717) is 0 Å². The monoisotopic (exact) mass is 228 g/mol. The maximum absolute atomic E-state index is 11.1. The van der Waals surface area contributed by atoms with Crippen molar-refractivity contribution >= 4 is 23.2 Å². The van der Waals surface area contributed by atoms with Gasteiger partial charge in [0, 0.05) is 12.6 Å². The largest absolute Gasteiger partial charge is 0.504 e. The number of likely N-dealkylation sites (N-methyl/N-ethyl adjacent to an activating group) is 1. The first-order valence-electron chi connectivity index (χ1n) is 4.00. The Hall–Kier alpha value is -1.75. The summed E-state index contributed by atoms with van der Waals surface area (Å²) in [7, 11) is 1.38. The highest BCUT2D eigenvalue weighted by Crippen LogP contribution is 2.35. The van der Waals surface area contributed by atoms with Gasteiger partial charge in [-0.2, -0.15) is 0 Å². The van der Waals surface area contributed by atoms with Gasteiger partial charge in [0.1, 0.15) is 5.71 Å². The number of amides is 1. The van der Waals surface area contributed by atoms with Gasteiger partial charge in [0.15, 0.2) is 11.5 Å². The number of phenols is 2. The summed E-state index contributed by atoms with van der Waals surface area (Å²) >= 11 is 5.66. The van der Waals surface area contributed by atoms with Gasteiger partial charge in [-0.1, -0.05) is 11.6 Å². The zero-order valence-corrected chi connectivity index (χ0v) is 8.59. The van der Waals surface area contributed by atoms with Gasteiger partial charge >= 0.3 is 0 Å². The lowest BCUT2D eigenvalue weighted by Crippen LogP contribution is -2.27. The number of hydrogen-bond donors (Lipinski definition) is 4. The second kappa shape index (κ2) is 4.18. The third-order valence-corrected chi connectivity index (χ3v) is 2.20. The zero-order valence-electron chi connectivity index (χ0n) is 7.84. The van der Waals surface area contributed by atoms with Crippen LogP contribution in [0.5, 0.6) is 11.5 Å². The van der Waals surface area contributed by atoms with Crippen LogP contribution in [0.15, 0.2) is 12.1 Å². The molecule has 0 radical (unpaired) electrons. The highest BCUT2D eigenvalue weighted by Gasteiger charge is 2.17. The van der Waals surface area contributed by atoms with E-state index in [1.807, 2.05) is 0 Å². The lowest BCUT2D eigenvalue weighted by Gasteiger charge is -2.07. The zero-order chi connectivity index (χ0) is 11.6. The summed E-state index contributed by atoms with van der Waals surface area (Å²) < 4.78 is 0. The van der Waals surface area contributed by atoms with Crippen molar-refractivity contribution in [3.63, 3.8) is 0 Å². The normalized spacial score (nSPS) is 9.73. The molecule has 1 amide bonds. The van der Waals surface area contributed by atoms with Crippen molar-refractivity contribution in [3.05, 3.63) is 22.7 Å². The van der Waals surface area contributed by atoms with Crippen LogP contribution in [0.2, 0.25) is 5.02 Å². The number of carbonyl (C=O) groups excluding carboxylic acids is 1. The average Bonchev–Trinajstić information content (AvgIpc) is 2.24. The second-order valence-corrected chi connectivity index (χ2v) is 3.13. The highest BCUT2D eigenvalue weighted by atomic mass is 35.5. The fourth-order valence-electron chi connectivity index (χ4n) is 0.995. The summed E-state index contributed by atoms with van der Waals surface area (Å²) in [5, 5.41) is 27.9. The molecule has 5 nitrogen and oxygen atoms in total. The lowest BCUT2D eigenvalue weighted by molar-refractivity contribution is -0.114. The number of benzene rings is 1. The van der Waals surface area contributed by atoms with Gasteiger partial charge < -0.3 is 15.5 Å². The Balaban J connectivity index is 3.22. The van der Waals surface area contributed by atoms with Gasteiger partial charge in [0.05, 0.1) is 5.02 Å². The fraction of sp³-hybridized carbons (Fsp3) is 0.111. The molecule has 15 heavy (non-hydrogen) atoms. The van der Waals surface area contributed by atoms with Gasteiger partial charge in [0.2, 0.25) is 0 Å². The molecule has 0 aromatic heterocycles. The predicted molar refractivity (Wildman–Crippen MR) is 55.7 cm³/mol. The van der Waals surface area contributed by atoms with Gasteiger partial charge in [-0.25, -0.2) is 0 Å². The second-order valence-electron chi connectivity index (χ2n) is 2.75. The Labute approximate surface area is 90.8 Å². The first-order valence-corrected chi connectivity index (χ1v) is 4.38. The van der Waals surface area contributed by atoms with E-state index in [1.165, 1.54) is 13.1 Å². The van der Waals surface area contributed by atoms with Gasteiger partial charge in [-0.3, -0.25) is 10.2 Å². The van der Waals surface area contributed by atoms with Crippen LogP contribution >= 0.6 is 11.6 Å². The highest BCUT2D eigenvalue weighted by molar-refractivity contribution is 6.48. The van der Waals surface area contributed by atoms with Gasteiger partial charge in [-0.15, -0.1) is 0 Å². The van der Waals surface area contributed by atoms with Crippen LogP contribution in [0.3, 0.4) is 0 Å². The first kappa shape index (κ1) is 11.3. The van der Waals surface area contributed by atoms with Crippen LogP contribution in [0, 0.1) is 5.41 Å². The molecule has 0 spiro atoms. The van der Waals surface area contributed by atoms with Crippen molar-refractivity contribution in [3.8, 4) is 11.5 Å². The van der Waals surface area contributed by atoms with E-state index >= 15 is 0 Å². The summed E-state index contributed by atoms with van der Waals surface area (Å²) in [6.07, 6.45) is 0. The molecule has 80 valence electrons. The number of phenolic OH excluding ortho intramolecular Hbond substituents is 2. The van der Waals surface area contributed by atoms with E-state index in [0.717, 1.165) is 6.07 Å². The van der Waals surface area contributed by atoms with Crippen LogP contribution in [-0.2, 0) is 4.79 Å². The summed E-state index contributed by atoms with van der Waals surface area (Å²) in [6.45, 7) is 0. The van der Waals surface area contributed by atoms with Crippen LogP contribution in [0.25, 0.3) is 0 Å². The van der Waals surface area contributed by atoms with Crippen molar-refractivity contribution in [2.75, 3.05) is 7.05 Å². The molecule has 6 heteroatoms. The van der Waals surface area contributed by atoms with E-state index in [4.69, 9.17) is 22.1 Å². The van der Waals surface area contributed by atoms with Crippen molar-refractivity contribution in [2.45, 2.75) is 0 Å². The SMILES string of the molecule is CNC(=O)C(=N)c1ccc(O)c(O)c1Cl. The molecule has 0 unspecified atom stereocenters. The Bertz CT molecular complexity index is 432. The Morgan fingerprint density at radius 1 is 1.47 bits per heavy atom. The third-order valence-electron chi connectivity index (χ3n) is 1.82. The van der Waals surface area contributed by atoms with Crippen molar-refractivity contribution in [1.29, 1.82) is 5.41 Å². The fourth-order valence-corrected chi connectivity index (χ4v) is 1.25. The number of halogens is 1. The molecule has 0 fully saturated rings. The number of nitrogens with one attached hydrogen (secondary N) is 2. The molecule has 0 atom stereocenters. The first-order chi connectivity index (χ1) is 6.99. The molecule has 1 aromatic rings. The topological polar surface area (TPSA) is 93.4 Å². The third kappa shape index (κ3) is 2.02. The molecular weight excluding hydrogens is 220 g/mol. The number of carbonyl (C=O) groups is 1. The molecule has 4 N–H and O–H groups in total. The lowest BCUT2D eigenvalue weighted by atomic mass is 10.1. The minimum Gasteiger partial charge on any atom is -0.504 e. The van der Waals surface area contributed by atoms with Crippen LogP contribution in [-0.4, -0.2) is 28.9 Å². The van der Waals surface area contributed by atoms with Crippen molar-refractivity contribution in [2.24, 2.45) is 0 Å². The van der Waals surface area contributed by atoms with E-state index < -0.39 is 17.4 Å². The summed E-state index contributed by atoms with van der Waals surface area (Å²) in [4.78, 5) is 11.1. The summed E-state index contributed by atoms with van der Waals surface area (Å²) in [5.41, 5.74) is -0.316. The maximum Gasteiger partial charge on any atom is 0.269 e. The summed E-state index contributed by atoms with van der Waals surface area (Å²) in [6, 6.07) is 2.45. The van der Waals surface area contributed by atoms with Gasteiger partial charge in [-0.05, 0) is 12.1 Å². The molecule has 0 aliphatic heterocycles. The van der Waals surface area contributed by atoms with E-state index in [1.54, 1.807) is 0 Å². The summed E-state index contributed by atoms with van der Waals surface area (Å²) in [5.74, 6) is -1.56. The molecule has 1 aromatic carbocycles. The quantitative estimate of drug-likeness (QED) is 0.447. The minimum absolute atomic E-state index is 0.0614. The van der Waals surface area contributed by atoms with Gasteiger partial charge in [0.25, 0.3) is 5.91 Å². The number of aromatic hydroxyl groups is 2. The van der Waals surface area contributed by atoms with E-state index in [-0.39, 0.29) is 16.3 Å². The smallest absolute Gasteiger partial charge is 0.269 e.